The molecule has 4 aromatic rings. The Hall–Kier alpha value is -4.77. The maximum atomic E-state index is 12.9. The highest BCUT2D eigenvalue weighted by Gasteiger charge is 2.41. The third-order valence-corrected chi connectivity index (χ3v) is 7.59. The second kappa shape index (κ2) is 11.8. The van der Waals surface area contributed by atoms with Crippen LogP contribution in [0.15, 0.2) is 79.0 Å². The van der Waals surface area contributed by atoms with Crippen molar-refractivity contribution in [1.82, 2.24) is 19.8 Å². The zero-order valence-electron chi connectivity index (χ0n) is 22.9. The normalized spacial score (nSPS) is 16.4. The van der Waals surface area contributed by atoms with Crippen LogP contribution in [0.4, 0.5) is 11.4 Å². The molecule has 0 radical (unpaired) electrons. The summed E-state index contributed by atoms with van der Waals surface area (Å²) in [5, 5.41) is 18.5. The number of aromatic nitrogens is 2. The van der Waals surface area contributed by atoms with Crippen molar-refractivity contribution in [2.45, 2.75) is 32.4 Å². The van der Waals surface area contributed by atoms with Crippen molar-refractivity contribution >= 4 is 34.6 Å². The molecule has 3 heterocycles. The Labute approximate surface area is 243 Å². The van der Waals surface area contributed by atoms with Crippen molar-refractivity contribution in [2.75, 3.05) is 19.0 Å². The summed E-state index contributed by atoms with van der Waals surface area (Å²) in [5.41, 5.74) is 4.79. The largest absolute Gasteiger partial charge is 0.495 e. The van der Waals surface area contributed by atoms with E-state index in [9.17, 15) is 14.9 Å². The maximum absolute atomic E-state index is 12.9. The first-order valence-electron chi connectivity index (χ1n) is 13.1. The summed E-state index contributed by atoms with van der Waals surface area (Å²) in [4.78, 5) is 30.6. The molecule has 11 heteroatoms. The number of anilines is 1. The van der Waals surface area contributed by atoms with E-state index in [-0.39, 0.29) is 30.1 Å². The second-order valence-corrected chi connectivity index (χ2v) is 10.1. The number of para-hydroxylation sites is 1. The number of rotatable bonds is 9. The van der Waals surface area contributed by atoms with Crippen LogP contribution >= 0.6 is 12.2 Å². The summed E-state index contributed by atoms with van der Waals surface area (Å²) in [6.45, 7) is 4.29. The fraction of sp³-hybridized carbons (Fsp3) is 0.233. The maximum Gasteiger partial charge on any atom is 0.271 e. The Morgan fingerprint density at radius 2 is 1.88 bits per heavy atom. The van der Waals surface area contributed by atoms with Crippen molar-refractivity contribution in [3.8, 4) is 11.4 Å². The van der Waals surface area contributed by atoms with E-state index in [0.717, 1.165) is 28.3 Å². The molecule has 41 heavy (non-hydrogen) atoms. The summed E-state index contributed by atoms with van der Waals surface area (Å²) in [6, 6.07) is 21.1. The second-order valence-electron chi connectivity index (χ2n) is 9.76. The summed E-state index contributed by atoms with van der Waals surface area (Å²) in [5.74, 6) is 0.394. The molecule has 1 fully saturated rings. The molecule has 1 amide bonds. The molecule has 10 nitrogen and oxygen atoms in total. The van der Waals surface area contributed by atoms with Gasteiger partial charge < -0.3 is 24.8 Å². The molecule has 1 aliphatic heterocycles. The number of thiocarbonyl (C=S) groups is 1. The first-order chi connectivity index (χ1) is 19.8. The standard InChI is InChI=1S/C30H30N6O4S/c1-19-17-23(20(2)35(19)25-18-22(36(38)39)12-13-26(25)40-3)29-28(24-11-7-8-15-31-24)33-30(41)34(29)16-14-27(37)32-21-9-5-4-6-10-21/h4-13,15,17-18,28-29H,14,16H2,1-3H3,(H,32,37)(H,33,41)/t28-,29+/m1/s1. The van der Waals surface area contributed by atoms with Crippen molar-refractivity contribution in [1.29, 1.82) is 0 Å². The first kappa shape index (κ1) is 27.8. The van der Waals surface area contributed by atoms with Crippen LogP contribution in [-0.2, 0) is 4.79 Å². The number of carbonyl (C=O) groups excluding carboxylic acids is 1. The SMILES string of the molecule is COc1ccc([N+](=O)[O-])cc1-n1c(C)cc([C@H]2[C@@H](c3ccccn3)NC(=S)N2CCC(=O)Nc2ccccc2)c1C. The van der Waals surface area contributed by atoms with Crippen LogP contribution in [0.3, 0.4) is 0 Å². The molecule has 1 aliphatic rings. The van der Waals surface area contributed by atoms with E-state index in [1.165, 1.54) is 12.1 Å². The molecule has 2 aromatic heterocycles. The Bertz CT molecular complexity index is 1590. The summed E-state index contributed by atoms with van der Waals surface area (Å²) >= 11 is 5.79. The number of benzene rings is 2. The van der Waals surface area contributed by atoms with Gasteiger partial charge in [0.1, 0.15) is 5.75 Å². The number of nitrogens with zero attached hydrogens (tertiary/aromatic N) is 4. The van der Waals surface area contributed by atoms with E-state index in [2.05, 4.69) is 21.7 Å². The molecule has 2 atom stereocenters. The number of non-ortho nitro benzene ring substituents is 1. The van der Waals surface area contributed by atoms with Gasteiger partial charge in [0.15, 0.2) is 5.11 Å². The van der Waals surface area contributed by atoms with Crippen LogP contribution < -0.4 is 15.4 Å². The average molecular weight is 571 g/mol. The zero-order chi connectivity index (χ0) is 29.1. The number of amides is 1. The number of ether oxygens (including phenoxy) is 1. The minimum Gasteiger partial charge on any atom is -0.495 e. The van der Waals surface area contributed by atoms with E-state index < -0.39 is 4.92 Å². The highest BCUT2D eigenvalue weighted by Crippen LogP contribution is 2.42. The monoisotopic (exact) mass is 570 g/mol. The molecule has 5 rings (SSSR count). The van der Waals surface area contributed by atoms with Gasteiger partial charge in [0.25, 0.3) is 5.69 Å². The Balaban J connectivity index is 1.53. The number of hydrogen-bond acceptors (Lipinski definition) is 6. The number of carbonyl (C=O) groups is 1. The lowest BCUT2D eigenvalue weighted by atomic mass is 9.96. The Morgan fingerprint density at radius 3 is 2.56 bits per heavy atom. The number of aryl methyl sites for hydroxylation is 1. The molecule has 0 spiro atoms. The Morgan fingerprint density at radius 1 is 1.12 bits per heavy atom. The van der Waals surface area contributed by atoms with Gasteiger partial charge in [-0.3, -0.25) is 19.9 Å². The minimum absolute atomic E-state index is 0.0315. The van der Waals surface area contributed by atoms with Crippen LogP contribution in [0, 0.1) is 24.0 Å². The molecule has 2 N–H and O–H groups in total. The lowest BCUT2D eigenvalue weighted by Gasteiger charge is -2.28. The van der Waals surface area contributed by atoms with Crippen molar-refractivity contribution in [2.24, 2.45) is 0 Å². The summed E-state index contributed by atoms with van der Waals surface area (Å²) < 4.78 is 7.54. The number of methoxy groups -OCH3 is 1. The van der Waals surface area contributed by atoms with Gasteiger partial charge in [-0.2, -0.15) is 0 Å². The molecule has 1 saturated heterocycles. The highest BCUT2D eigenvalue weighted by molar-refractivity contribution is 7.80. The van der Waals surface area contributed by atoms with Gasteiger partial charge in [-0.05, 0) is 68.0 Å². The molecule has 0 bridgehead atoms. The van der Waals surface area contributed by atoms with Gasteiger partial charge in [0.05, 0.1) is 35.5 Å². The molecular weight excluding hydrogens is 540 g/mol. The van der Waals surface area contributed by atoms with Crippen molar-refractivity contribution in [3.05, 3.63) is 112 Å². The number of nitrogens with one attached hydrogen (secondary N) is 2. The van der Waals surface area contributed by atoms with Gasteiger partial charge >= 0.3 is 0 Å². The lowest BCUT2D eigenvalue weighted by molar-refractivity contribution is -0.384. The van der Waals surface area contributed by atoms with Gasteiger partial charge in [0, 0.05) is 48.4 Å². The number of hydrogen-bond donors (Lipinski definition) is 2. The van der Waals surface area contributed by atoms with E-state index in [1.807, 2.05) is 71.8 Å². The third kappa shape index (κ3) is 5.62. The fourth-order valence-electron chi connectivity index (χ4n) is 5.38. The topological polar surface area (TPSA) is 115 Å². The molecule has 210 valence electrons. The van der Waals surface area contributed by atoms with Crippen molar-refractivity contribution < 1.29 is 14.5 Å². The lowest BCUT2D eigenvalue weighted by Crippen LogP contribution is -2.32. The average Bonchev–Trinajstić information content (AvgIpc) is 3.46. The predicted octanol–water partition coefficient (Wildman–Crippen LogP) is 5.41. The molecule has 2 aromatic carbocycles. The number of pyridine rings is 1. The number of nitro benzene ring substituents is 1. The molecule has 0 saturated carbocycles. The van der Waals surface area contributed by atoms with E-state index in [0.29, 0.717) is 23.1 Å². The van der Waals surface area contributed by atoms with Crippen LogP contribution in [0.25, 0.3) is 5.69 Å². The van der Waals surface area contributed by atoms with Crippen LogP contribution in [0.5, 0.6) is 5.75 Å². The van der Waals surface area contributed by atoms with Gasteiger partial charge in [-0.25, -0.2) is 0 Å². The van der Waals surface area contributed by atoms with Crippen LogP contribution in [-0.4, -0.2) is 44.0 Å². The van der Waals surface area contributed by atoms with Crippen molar-refractivity contribution in [3.63, 3.8) is 0 Å². The number of nitro groups is 1. The highest BCUT2D eigenvalue weighted by atomic mass is 32.1. The summed E-state index contributed by atoms with van der Waals surface area (Å²) in [6.07, 6.45) is 1.96. The quantitative estimate of drug-likeness (QED) is 0.156. The predicted molar refractivity (Wildman–Crippen MR) is 160 cm³/mol. The van der Waals surface area contributed by atoms with E-state index >= 15 is 0 Å². The van der Waals surface area contributed by atoms with Gasteiger partial charge in [-0.15, -0.1) is 0 Å². The third-order valence-electron chi connectivity index (χ3n) is 7.24. The first-order valence-corrected chi connectivity index (χ1v) is 13.5. The van der Waals surface area contributed by atoms with Crippen LogP contribution in [0.1, 0.15) is 41.1 Å². The van der Waals surface area contributed by atoms with Crippen LogP contribution in [0.2, 0.25) is 0 Å². The smallest absolute Gasteiger partial charge is 0.271 e. The zero-order valence-corrected chi connectivity index (χ0v) is 23.7. The molecule has 0 aliphatic carbocycles. The fourth-order valence-corrected chi connectivity index (χ4v) is 5.71. The van der Waals surface area contributed by atoms with E-state index in [4.69, 9.17) is 17.0 Å². The summed E-state index contributed by atoms with van der Waals surface area (Å²) in [7, 11) is 1.54. The minimum atomic E-state index is -0.420. The van der Waals surface area contributed by atoms with E-state index in [1.54, 1.807) is 19.4 Å². The molecule has 0 unspecified atom stereocenters. The van der Waals surface area contributed by atoms with Gasteiger partial charge in [0.2, 0.25) is 5.91 Å². The molecular formula is C30H30N6O4S. The Kier molecular flexibility index (Phi) is 7.97. The van der Waals surface area contributed by atoms with Gasteiger partial charge in [-0.1, -0.05) is 24.3 Å².